The van der Waals surface area contributed by atoms with Crippen molar-refractivity contribution >= 4 is 28.9 Å². The predicted molar refractivity (Wildman–Crippen MR) is 123 cm³/mol. The molecule has 0 spiro atoms. The Hall–Kier alpha value is -2.69. The average molecular weight is 512 g/mol. The van der Waals surface area contributed by atoms with Gasteiger partial charge < -0.3 is 9.47 Å². The molecular formula is C23H21ClF3N3O3S. The molecule has 1 unspecified atom stereocenters. The fourth-order valence-electron chi connectivity index (χ4n) is 3.74. The number of carbonyl (C=O) groups is 1. The molecule has 0 fully saturated rings. The van der Waals surface area contributed by atoms with E-state index in [0.717, 1.165) is 22.3 Å². The van der Waals surface area contributed by atoms with Gasteiger partial charge in [0.05, 0.1) is 11.1 Å². The number of fused-ring (bicyclic) bond motifs is 1. The average Bonchev–Trinajstić information content (AvgIpc) is 3.25. The number of nitrogens with zero attached hydrogens (tertiary/aromatic N) is 2. The molecule has 1 N–H and O–H groups in total. The summed E-state index contributed by atoms with van der Waals surface area (Å²) in [5.41, 5.74) is 3.79. The summed E-state index contributed by atoms with van der Waals surface area (Å²) in [5.74, 6) is -1.64. The molecule has 11 heteroatoms. The SMILES string of the molecule is Cc1c(-c2nnc(-c3ccc(OC(C)C)c(Cl)c3)s2)ccc2c1CCNC2OC(=O)C(F)(F)F. The molecule has 6 nitrogen and oxygen atoms in total. The highest BCUT2D eigenvalue weighted by molar-refractivity contribution is 7.17. The summed E-state index contributed by atoms with van der Waals surface area (Å²) < 4.78 is 48.3. The first-order chi connectivity index (χ1) is 16.0. The number of halogens is 4. The van der Waals surface area contributed by atoms with Gasteiger partial charge in [-0.2, -0.15) is 13.2 Å². The van der Waals surface area contributed by atoms with Crippen LogP contribution < -0.4 is 10.1 Å². The first kappa shape index (κ1) is 24.4. The van der Waals surface area contributed by atoms with Crippen molar-refractivity contribution in [2.24, 2.45) is 0 Å². The second-order valence-corrected chi connectivity index (χ2v) is 9.40. The molecule has 0 saturated heterocycles. The van der Waals surface area contributed by atoms with Crippen molar-refractivity contribution in [2.75, 3.05) is 6.54 Å². The van der Waals surface area contributed by atoms with Crippen molar-refractivity contribution < 1.29 is 27.4 Å². The van der Waals surface area contributed by atoms with Crippen molar-refractivity contribution in [2.45, 2.75) is 45.7 Å². The zero-order valence-corrected chi connectivity index (χ0v) is 20.1. The van der Waals surface area contributed by atoms with Crippen LogP contribution in [0.3, 0.4) is 0 Å². The number of hydrogen-bond donors (Lipinski definition) is 1. The van der Waals surface area contributed by atoms with Crippen LogP contribution in [0.25, 0.3) is 21.1 Å². The normalized spacial score (nSPS) is 15.8. The van der Waals surface area contributed by atoms with Crippen LogP contribution in [0.2, 0.25) is 5.02 Å². The van der Waals surface area contributed by atoms with Crippen molar-refractivity contribution in [1.29, 1.82) is 0 Å². The number of nitrogens with one attached hydrogen (secondary N) is 1. The van der Waals surface area contributed by atoms with Gasteiger partial charge in [0.15, 0.2) is 6.23 Å². The van der Waals surface area contributed by atoms with Gasteiger partial charge in [0.2, 0.25) is 0 Å². The lowest BCUT2D eigenvalue weighted by Gasteiger charge is -2.28. The minimum atomic E-state index is -5.06. The van der Waals surface area contributed by atoms with Crippen LogP contribution >= 0.6 is 22.9 Å². The third-order valence-electron chi connectivity index (χ3n) is 5.28. The number of benzene rings is 2. The van der Waals surface area contributed by atoms with Crippen LogP contribution in [-0.4, -0.2) is 35.0 Å². The highest BCUT2D eigenvalue weighted by Crippen LogP contribution is 2.38. The number of hydrogen-bond acceptors (Lipinski definition) is 7. The summed E-state index contributed by atoms with van der Waals surface area (Å²) in [6, 6.07) is 8.84. The van der Waals surface area contributed by atoms with Crippen molar-refractivity contribution in [3.63, 3.8) is 0 Å². The summed E-state index contributed by atoms with van der Waals surface area (Å²) in [6.07, 6.45) is -5.65. The molecule has 3 aromatic rings. The molecule has 1 aliphatic heterocycles. The second-order valence-electron chi connectivity index (χ2n) is 8.02. The van der Waals surface area contributed by atoms with Gasteiger partial charge in [-0.15, -0.1) is 10.2 Å². The van der Waals surface area contributed by atoms with E-state index < -0.39 is 18.4 Å². The van der Waals surface area contributed by atoms with Gasteiger partial charge in [0.1, 0.15) is 15.8 Å². The Kier molecular flexibility index (Phi) is 6.84. The summed E-state index contributed by atoms with van der Waals surface area (Å²) in [4.78, 5) is 11.3. The molecule has 0 bridgehead atoms. The number of ether oxygens (including phenoxy) is 2. The fraction of sp³-hybridized carbons (Fsp3) is 0.348. The van der Waals surface area contributed by atoms with Crippen LogP contribution in [0.1, 0.15) is 36.8 Å². The summed E-state index contributed by atoms with van der Waals surface area (Å²) in [6.45, 7) is 6.08. The molecule has 4 rings (SSSR count). The van der Waals surface area contributed by atoms with E-state index in [1.807, 2.05) is 26.8 Å². The summed E-state index contributed by atoms with van der Waals surface area (Å²) in [5, 5.41) is 13.2. The zero-order valence-electron chi connectivity index (χ0n) is 18.5. The number of alkyl halides is 3. The highest BCUT2D eigenvalue weighted by atomic mass is 35.5. The van der Waals surface area contributed by atoms with Crippen LogP contribution in [0.4, 0.5) is 13.2 Å². The van der Waals surface area contributed by atoms with E-state index >= 15 is 0 Å². The van der Waals surface area contributed by atoms with Crippen LogP contribution in [0.15, 0.2) is 30.3 Å². The molecule has 1 aliphatic rings. The van der Waals surface area contributed by atoms with Gasteiger partial charge in [-0.3, -0.25) is 5.32 Å². The summed E-state index contributed by atoms with van der Waals surface area (Å²) >= 11 is 7.72. The number of carbonyl (C=O) groups excluding carboxylic acids is 1. The van der Waals surface area contributed by atoms with Gasteiger partial charge in [0.25, 0.3) is 0 Å². The van der Waals surface area contributed by atoms with Crippen LogP contribution in [0.5, 0.6) is 5.75 Å². The molecular weight excluding hydrogens is 491 g/mol. The molecule has 1 aromatic heterocycles. The maximum atomic E-state index is 12.7. The Morgan fingerprint density at radius 1 is 1.21 bits per heavy atom. The topological polar surface area (TPSA) is 73.3 Å². The molecule has 34 heavy (non-hydrogen) atoms. The Morgan fingerprint density at radius 3 is 2.62 bits per heavy atom. The Bertz CT molecular complexity index is 1230. The molecule has 0 saturated carbocycles. The van der Waals surface area contributed by atoms with Crippen LogP contribution in [0, 0.1) is 6.92 Å². The van der Waals surface area contributed by atoms with Gasteiger partial charge in [0, 0.05) is 23.2 Å². The largest absolute Gasteiger partial charge is 0.490 e. The number of rotatable bonds is 5. The van der Waals surface area contributed by atoms with E-state index in [1.54, 1.807) is 24.3 Å². The lowest BCUT2D eigenvalue weighted by Crippen LogP contribution is -2.37. The van der Waals surface area contributed by atoms with Gasteiger partial charge >= 0.3 is 12.1 Å². The van der Waals surface area contributed by atoms with E-state index in [4.69, 9.17) is 16.3 Å². The number of esters is 1. The molecule has 0 amide bonds. The van der Waals surface area contributed by atoms with Crippen molar-refractivity contribution in [1.82, 2.24) is 15.5 Å². The van der Waals surface area contributed by atoms with Crippen molar-refractivity contribution in [3.05, 3.63) is 52.0 Å². The van der Waals surface area contributed by atoms with E-state index in [9.17, 15) is 18.0 Å². The minimum Gasteiger partial charge on any atom is -0.489 e. The standard InChI is InChI=1S/C23H21ClF3N3O3S/c1-11(2)32-18-7-4-13(10-17(18)24)20-29-30-21(34-20)15-5-6-16-14(12(15)3)8-9-28-19(16)33-22(31)23(25,26)27/h4-7,10-11,19,28H,8-9H2,1-3H3. The lowest BCUT2D eigenvalue weighted by molar-refractivity contribution is -0.207. The van der Waals surface area contributed by atoms with Gasteiger partial charge in [-0.25, -0.2) is 4.79 Å². The predicted octanol–water partition coefficient (Wildman–Crippen LogP) is 5.87. The van der Waals surface area contributed by atoms with E-state index in [-0.39, 0.29) is 6.10 Å². The molecule has 1 atom stereocenters. The molecule has 2 aromatic carbocycles. The summed E-state index contributed by atoms with van der Waals surface area (Å²) in [7, 11) is 0. The first-order valence-corrected chi connectivity index (χ1v) is 11.7. The van der Waals surface area contributed by atoms with E-state index in [0.29, 0.717) is 39.3 Å². The smallest absolute Gasteiger partial charge is 0.489 e. The maximum absolute atomic E-state index is 12.7. The van der Waals surface area contributed by atoms with E-state index in [1.165, 1.54) is 11.3 Å². The fourth-order valence-corrected chi connectivity index (χ4v) is 4.88. The Labute approximate surface area is 203 Å². The Morgan fingerprint density at radius 2 is 1.94 bits per heavy atom. The van der Waals surface area contributed by atoms with E-state index in [2.05, 4.69) is 20.3 Å². The zero-order chi connectivity index (χ0) is 24.6. The highest BCUT2D eigenvalue weighted by Gasteiger charge is 2.43. The van der Waals surface area contributed by atoms with Crippen molar-refractivity contribution in [3.8, 4) is 26.9 Å². The quantitative estimate of drug-likeness (QED) is 0.432. The minimum absolute atomic E-state index is 0.00440. The first-order valence-electron chi connectivity index (χ1n) is 10.5. The molecule has 0 radical (unpaired) electrons. The van der Waals surface area contributed by atoms with Crippen LogP contribution in [-0.2, 0) is 16.0 Å². The molecule has 180 valence electrons. The molecule has 0 aliphatic carbocycles. The van der Waals surface area contributed by atoms with Gasteiger partial charge in [-0.1, -0.05) is 35.1 Å². The third-order valence-corrected chi connectivity index (χ3v) is 6.58. The lowest BCUT2D eigenvalue weighted by atomic mass is 9.91. The molecule has 2 heterocycles. The Balaban J connectivity index is 1.61. The monoisotopic (exact) mass is 511 g/mol. The second kappa shape index (κ2) is 9.52. The maximum Gasteiger partial charge on any atom is 0.490 e. The number of aromatic nitrogens is 2. The van der Waals surface area contributed by atoms with Gasteiger partial charge in [-0.05, 0) is 56.5 Å². The third kappa shape index (κ3) is 5.03.